The molecule has 0 heterocycles. The summed E-state index contributed by atoms with van der Waals surface area (Å²) >= 11 is 0. The summed E-state index contributed by atoms with van der Waals surface area (Å²) in [4.78, 5) is 11.3. The lowest BCUT2D eigenvalue weighted by atomic mass is 10.1. The number of aromatic hydroxyl groups is 1. The summed E-state index contributed by atoms with van der Waals surface area (Å²) in [6.45, 7) is 6.55. The SMILES string of the molecule is CC(C)C(=O)NCCNC(C)c1ccc(O)cc1F. The second-order valence-corrected chi connectivity index (χ2v) is 4.83. The van der Waals surface area contributed by atoms with E-state index in [1.165, 1.54) is 6.07 Å². The van der Waals surface area contributed by atoms with Crippen LogP contribution in [0.4, 0.5) is 4.39 Å². The van der Waals surface area contributed by atoms with Crippen LogP contribution in [0.1, 0.15) is 32.4 Å². The summed E-state index contributed by atoms with van der Waals surface area (Å²) in [6.07, 6.45) is 0. The summed E-state index contributed by atoms with van der Waals surface area (Å²) in [5, 5.41) is 15.0. The molecule has 0 aliphatic carbocycles. The van der Waals surface area contributed by atoms with Crippen molar-refractivity contribution in [2.45, 2.75) is 26.8 Å². The molecule has 0 radical (unpaired) electrons. The lowest BCUT2D eigenvalue weighted by Crippen LogP contribution is -2.35. The van der Waals surface area contributed by atoms with Gasteiger partial charge in [0.05, 0.1) is 0 Å². The van der Waals surface area contributed by atoms with E-state index in [4.69, 9.17) is 5.11 Å². The van der Waals surface area contributed by atoms with Gasteiger partial charge in [-0.3, -0.25) is 4.79 Å². The van der Waals surface area contributed by atoms with Gasteiger partial charge in [0.15, 0.2) is 0 Å². The predicted molar refractivity (Wildman–Crippen MR) is 72.3 cm³/mol. The van der Waals surface area contributed by atoms with E-state index < -0.39 is 5.82 Å². The number of carbonyl (C=O) groups excluding carboxylic acids is 1. The van der Waals surface area contributed by atoms with E-state index in [-0.39, 0.29) is 23.6 Å². The Morgan fingerprint density at radius 2 is 2.00 bits per heavy atom. The number of carbonyl (C=O) groups is 1. The summed E-state index contributed by atoms with van der Waals surface area (Å²) in [5.74, 6) is -0.555. The molecule has 19 heavy (non-hydrogen) atoms. The Hall–Kier alpha value is -1.62. The maximum Gasteiger partial charge on any atom is 0.222 e. The lowest BCUT2D eigenvalue weighted by molar-refractivity contribution is -0.123. The van der Waals surface area contributed by atoms with E-state index in [1.807, 2.05) is 20.8 Å². The van der Waals surface area contributed by atoms with Gasteiger partial charge in [-0.2, -0.15) is 0 Å². The lowest BCUT2D eigenvalue weighted by Gasteiger charge is -2.16. The molecule has 3 N–H and O–H groups in total. The van der Waals surface area contributed by atoms with Crippen molar-refractivity contribution in [3.8, 4) is 5.75 Å². The number of phenols is 1. The second-order valence-electron chi connectivity index (χ2n) is 4.83. The predicted octanol–water partition coefficient (Wildman–Crippen LogP) is 1.95. The molecule has 0 spiro atoms. The topological polar surface area (TPSA) is 61.4 Å². The zero-order valence-electron chi connectivity index (χ0n) is 11.5. The van der Waals surface area contributed by atoms with E-state index in [1.54, 1.807) is 6.07 Å². The minimum atomic E-state index is -0.439. The number of rotatable bonds is 6. The molecular formula is C14H21FN2O2. The first-order chi connectivity index (χ1) is 8.91. The molecule has 0 bridgehead atoms. The Morgan fingerprint density at radius 1 is 1.32 bits per heavy atom. The molecule has 4 nitrogen and oxygen atoms in total. The maximum atomic E-state index is 13.6. The Morgan fingerprint density at radius 3 is 2.58 bits per heavy atom. The summed E-state index contributed by atoms with van der Waals surface area (Å²) < 4.78 is 13.6. The summed E-state index contributed by atoms with van der Waals surface area (Å²) in [7, 11) is 0. The highest BCUT2D eigenvalue weighted by molar-refractivity contribution is 5.77. The largest absolute Gasteiger partial charge is 0.508 e. The third-order valence-corrected chi connectivity index (χ3v) is 2.85. The van der Waals surface area contributed by atoms with Gasteiger partial charge >= 0.3 is 0 Å². The quantitative estimate of drug-likeness (QED) is 0.691. The highest BCUT2D eigenvalue weighted by Crippen LogP contribution is 2.20. The van der Waals surface area contributed by atoms with Crippen LogP contribution in [0, 0.1) is 11.7 Å². The Kier molecular flexibility index (Phi) is 5.76. The van der Waals surface area contributed by atoms with Crippen LogP contribution in [0.25, 0.3) is 0 Å². The van der Waals surface area contributed by atoms with Crippen LogP contribution >= 0.6 is 0 Å². The molecule has 106 valence electrons. The molecule has 0 aromatic heterocycles. The molecule has 1 atom stereocenters. The Balaban J connectivity index is 2.39. The zero-order chi connectivity index (χ0) is 14.4. The van der Waals surface area contributed by atoms with Gasteiger partial charge in [0, 0.05) is 36.7 Å². The maximum absolute atomic E-state index is 13.6. The van der Waals surface area contributed by atoms with E-state index in [0.717, 1.165) is 6.07 Å². The van der Waals surface area contributed by atoms with Crippen molar-refractivity contribution in [1.29, 1.82) is 0 Å². The van der Waals surface area contributed by atoms with Crippen LogP contribution in [-0.4, -0.2) is 24.1 Å². The molecule has 1 rings (SSSR count). The van der Waals surface area contributed by atoms with Crippen molar-refractivity contribution >= 4 is 5.91 Å². The van der Waals surface area contributed by atoms with E-state index >= 15 is 0 Å². The van der Waals surface area contributed by atoms with Gasteiger partial charge in [-0.25, -0.2) is 4.39 Å². The molecule has 0 aliphatic rings. The fraction of sp³-hybridized carbons (Fsp3) is 0.500. The van der Waals surface area contributed by atoms with Gasteiger partial charge in [0.2, 0.25) is 5.91 Å². The van der Waals surface area contributed by atoms with Gasteiger partial charge in [0.1, 0.15) is 11.6 Å². The zero-order valence-corrected chi connectivity index (χ0v) is 11.5. The molecule has 0 fully saturated rings. The first kappa shape index (κ1) is 15.4. The second kappa shape index (κ2) is 7.09. The van der Waals surface area contributed by atoms with Gasteiger partial charge in [0.25, 0.3) is 0 Å². The van der Waals surface area contributed by atoms with Crippen LogP contribution in [0.5, 0.6) is 5.75 Å². The number of halogens is 1. The first-order valence-electron chi connectivity index (χ1n) is 6.41. The Labute approximate surface area is 113 Å². The summed E-state index contributed by atoms with van der Waals surface area (Å²) in [5.41, 5.74) is 0.494. The molecule has 5 heteroatoms. The van der Waals surface area contributed by atoms with Gasteiger partial charge in [-0.15, -0.1) is 0 Å². The molecule has 1 aromatic carbocycles. The average Bonchev–Trinajstić information content (AvgIpc) is 2.33. The molecule has 1 amide bonds. The minimum absolute atomic E-state index is 0.00488. The molecule has 1 unspecified atom stereocenters. The van der Waals surface area contributed by atoms with Crippen LogP contribution in [0.3, 0.4) is 0 Å². The van der Waals surface area contributed by atoms with E-state index in [9.17, 15) is 9.18 Å². The molecule has 1 aromatic rings. The highest BCUT2D eigenvalue weighted by Gasteiger charge is 2.11. The fourth-order valence-electron chi connectivity index (χ4n) is 1.66. The summed E-state index contributed by atoms with van der Waals surface area (Å²) in [6, 6.07) is 3.91. The first-order valence-corrected chi connectivity index (χ1v) is 6.41. The third-order valence-electron chi connectivity index (χ3n) is 2.85. The van der Waals surface area contributed by atoms with Gasteiger partial charge in [-0.1, -0.05) is 19.9 Å². The normalized spacial score (nSPS) is 12.5. The number of amides is 1. The van der Waals surface area contributed by atoms with Crippen molar-refractivity contribution < 1.29 is 14.3 Å². The number of benzene rings is 1. The highest BCUT2D eigenvalue weighted by atomic mass is 19.1. The van der Waals surface area contributed by atoms with Crippen LogP contribution in [0.15, 0.2) is 18.2 Å². The van der Waals surface area contributed by atoms with Crippen LogP contribution in [0.2, 0.25) is 0 Å². The van der Waals surface area contributed by atoms with Crippen molar-refractivity contribution in [3.05, 3.63) is 29.6 Å². The minimum Gasteiger partial charge on any atom is -0.508 e. The fourth-order valence-corrected chi connectivity index (χ4v) is 1.66. The number of hydrogen-bond donors (Lipinski definition) is 3. The third kappa shape index (κ3) is 4.87. The number of hydrogen-bond acceptors (Lipinski definition) is 3. The number of phenolic OH excluding ortho intramolecular Hbond substituents is 1. The average molecular weight is 268 g/mol. The van der Waals surface area contributed by atoms with Crippen molar-refractivity contribution in [2.24, 2.45) is 5.92 Å². The molecule has 0 aliphatic heterocycles. The monoisotopic (exact) mass is 268 g/mol. The van der Waals surface area contributed by atoms with E-state index in [0.29, 0.717) is 18.7 Å². The molecule has 0 saturated heterocycles. The standard InChI is InChI=1S/C14H21FN2O2/c1-9(2)14(19)17-7-6-16-10(3)12-5-4-11(18)8-13(12)15/h4-5,8-10,16,18H,6-7H2,1-3H3,(H,17,19). The van der Waals surface area contributed by atoms with E-state index in [2.05, 4.69) is 10.6 Å². The van der Waals surface area contributed by atoms with Crippen LogP contribution < -0.4 is 10.6 Å². The Bertz CT molecular complexity index is 435. The van der Waals surface area contributed by atoms with Crippen molar-refractivity contribution in [3.63, 3.8) is 0 Å². The molecular weight excluding hydrogens is 247 g/mol. The molecule has 0 saturated carbocycles. The van der Waals surface area contributed by atoms with Gasteiger partial charge < -0.3 is 15.7 Å². The van der Waals surface area contributed by atoms with Gasteiger partial charge in [-0.05, 0) is 13.0 Å². The number of nitrogens with one attached hydrogen (secondary N) is 2. The van der Waals surface area contributed by atoms with Crippen molar-refractivity contribution in [2.75, 3.05) is 13.1 Å². The van der Waals surface area contributed by atoms with Crippen molar-refractivity contribution in [1.82, 2.24) is 10.6 Å². The van der Waals surface area contributed by atoms with Crippen LogP contribution in [-0.2, 0) is 4.79 Å². The smallest absolute Gasteiger partial charge is 0.222 e.